The summed E-state index contributed by atoms with van der Waals surface area (Å²) in [7, 11) is 0. The Morgan fingerprint density at radius 3 is 2.50 bits per heavy atom. The fraction of sp³-hybridized carbons (Fsp3) is 0.375. The number of hydrogen-bond acceptors (Lipinski definition) is 5. The molecule has 1 N–H and O–H groups in total. The van der Waals surface area contributed by atoms with Crippen molar-refractivity contribution in [3.05, 3.63) is 65.2 Å². The Morgan fingerprint density at radius 1 is 1.10 bits per heavy atom. The second kappa shape index (κ2) is 9.49. The van der Waals surface area contributed by atoms with Crippen LogP contribution in [0.2, 0.25) is 0 Å². The monoisotopic (exact) mass is 421 g/mol. The molecule has 1 aliphatic heterocycles. The van der Waals surface area contributed by atoms with Gasteiger partial charge in [-0.1, -0.05) is 42.5 Å². The first-order chi connectivity index (χ1) is 14.6. The predicted octanol–water partition coefficient (Wildman–Crippen LogP) is 3.79. The molecule has 2 heterocycles. The smallest absolute Gasteiger partial charge is 0.234 e. The van der Waals surface area contributed by atoms with E-state index in [2.05, 4.69) is 28.4 Å². The van der Waals surface area contributed by atoms with Crippen molar-refractivity contribution in [1.29, 1.82) is 0 Å². The van der Waals surface area contributed by atoms with E-state index >= 15 is 0 Å². The third kappa shape index (κ3) is 5.12. The van der Waals surface area contributed by atoms with E-state index in [4.69, 9.17) is 4.98 Å². The fourth-order valence-corrected chi connectivity index (χ4v) is 5.13. The van der Waals surface area contributed by atoms with Crippen molar-refractivity contribution in [2.45, 2.75) is 38.1 Å². The van der Waals surface area contributed by atoms with Crippen molar-refractivity contribution in [1.82, 2.24) is 15.2 Å². The standard InChI is InChI=1S/C24H27N3O2S/c1-17(28)21(15-18-7-3-2-4-8-18)25-23(29)16-27-13-11-19(12-14-27)24-26-20-9-5-6-10-22(20)30-24/h2-10,19,21H,11-16H2,1H3,(H,25,29)/t21-/m1/s1. The molecule has 30 heavy (non-hydrogen) atoms. The molecule has 6 heteroatoms. The van der Waals surface area contributed by atoms with Gasteiger partial charge in [0.1, 0.15) is 0 Å². The number of nitrogens with one attached hydrogen (secondary N) is 1. The molecule has 3 aromatic rings. The molecule has 0 aliphatic carbocycles. The lowest BCUT2D eigenvalue weighted by atomic mass is 9.97. The number of carbonyl (C=O) groups excluding carboxylic acids is 2. The van der Waals surface area contributed by atoms with Crippen LogP contribution in [0.1, 0.15) is 36.3 Å². The van der Waals surface area contributed by atoms with Crippen LogP contribution in [0.15, 0.2) is 54.6 Å². The largest absolute Gasteiger partial charge is 0.345 e. The summed E-state index contributed by atoms with van der Waals surface area (Å²) in [4.78, 5) is 31.6. The van der Waals surface area contributed by atoms with E-state index in [9.17, 15) is 9.59 Å². The van der Waals surface area contributed by atoms with E-state index in [0.717, 1.165) is 37.0 Å². The molecule has 0 bridgehead atoms. The summed E-state index contributed by atoms with van der Waals surface area (Å²) in [6.45, 7) is 3.62. The Hall–Kier alpha value is -2.57. The van der Waals surface area contributed by atoms with E-state index in [0.29, 0.717) is 18.9 Å². The molecular weight excluding hydrogens is 394 g/mol. The van der Waals surface area contributed by atoms with Crippen molar-refractivity contribution in [2.75, 3.05) is 19.6 Å². The Balaban J connectivity index is 1.28. The number of fused-ring (bicyclic) bond motifs is 1. The lowest BCUT2D eigenvalue weighted by Gasteiger charge is -2.30. The Bertz CT molecular complexity index is 976. The van der Waals surface area contributed by atoms with E-state index < -0.39 is 6.04 Å². The Kier molecular flexibility index (Phi) is 6.55. The van der Waals surface area contributed by atoms with Crippen LogP contribution in [0.5, 0.6) is 0 Å². The number of hydrogen-bond donors (Lipinski definition) is 1. The number of ketones is 1. The van der Waals surface area contributed by atoms with Gasteiger partial charge in [0.05, 0.1) is 27.8 Å². The highest BCUT2D eigenvalue weighted by Gasteiger charge is 2.25. The number of Topliss-reactive ketones (excluding diaryl/α,β-unsaturated/α-hetero) is 1. The van der Waals surface area contributed by atoms with Gasteiger partial charge < -0.3 is 5.32 Å². The molecule has 4 rings (SSSR count). The molecule has 1 fully saturated rings. The highest BCUT2D eigenvalue weighted by Crippen LogP contribution is 2.33. The summed E-state index contributed by atoms with van der Waals surface area (Å²) < 4.78 is 1.24. The third-order valence-electron chi connectivity index (χ3n) is 5.72. The van der Waals surface area contributed by atoms with Crippen LogP contribution < -0.4 is 5.32 Å². The average Bonchev–Trinajstić information content (AvgIpc) is 3.19. The zero-order chi connectivity index (χ0) is 20.9. The molecule has 1 aliphatic rings. The number of benzene rings is 2. The molecule has 1 aromatic heterocycles. The zero-order valence-electron chi connectivity index (χ0n) is 17.2. The maximum Gasteiger partial charge on any atom is 0.234 e. The molecule has 0 radical (unpaired) electrons. The van der Waals surface area contributed by atoms with Crippen molar-refractivity contribution >= 4 is 33.2 Å². The van der Waals surface area contributed by atoms with Crippen molar-refractivity contribution < 1.29 is 9.59 Å². The van der Waals surface area contributed by atoms with Gasteiger partial charge in [0.15, 0.2) is 5.78 Å². The lowest BCUT2D eigenvalue weighted by Crippen LogP contribution is -2.47. The molecule has 0 spiro atoms. The Morgan fingerprint density at radius 2 is 1.80 bits per heavy atom. The first kappa shape index (κ1) is 20.7. The minimum absolute atomic E-state index is 0.0123. The van der Waals surface area contributed by atoms with Gasteiger partial charge in [-0.25, -0.2) is 4.98 Å². The number of aromatic nitrogens is 1. The van der Waals surface area contributed by atoms with Crippen LogP contribution in [0.4, 0.5) is 0 Å². The molecule has 1 atom stereocenters. The maximum atomic E-state index is 12.6. The number of carbonyl (C=O) groups is 2. The zero-order valence-corrected chi connectivity index (χ0v) is 18.0. The SMILES string of the molecule is CC(=O)[C@@H](Cc1ccccc1)NC(=O)CN1CCC(c2nc3ccccc3s2)CC1. The van der Waals surface area contributed by atoms with Gasteiger partial charge in [-0.05, 0) is 57.0 Å². The minimum Gasteiger partial charge on any atom is -0.345 e. The van der Waals surface area contributed by atoms with E-state index in [1.54, 1.807) is 11.3 Å². The molecule has 156 valence electrons. The number of nitrogens with zero attached hydrogens (tertiary/aromatic N) is 2. The maximum absolute atomic E-state index is 12.6. The van der Waals surface area contributed by atoms with Crippen LogP contribution >= 0.6 is 11.3 Å². The third-order valence-corrected chi connectivity index (χ3v) is 6.92. The summed E-state index contributed by atoms with van der Waals surface area (Å²) in [5, 5.41) is 4.14. The van der Waals surface area contributed by atoms with E-state index in [1.807, 2.05) is 36.4 Å². The number of para-hydroxylation sites is 1. The van der Waals surface area contributed by atoms with Gasteiger partial charge in [-0.15, -0.1) is 11.3 Å². The molecule has 2 aromatic carbocycles. The first-order valence-corrected chi connectivity index (χ1v) is 11.3. The summed E-state index contributed by atoms with van der Waals surface area (Å²) in [6.07, 6.45) is 2.54. The van der Waals surface area contributed by atoms with Crippen LogP contribution in [0.3, 0.4) is 0 Å². The fourth-order valence-electron chi connectivity index (χ4n) is 3.99. The second-order valence-electron chi connectivity index (χ2n) is 7.99. The predicted molar refractivity (Wildman–Crippen MR) is 121 cm³/mol. The second-order valence-corrected chi connectivity index (χ2v) is 9.05. The highest BCUT2D eigenvalue weighted by atomic mass is 32.1. The van der Waals surface area contributed by atoms with E-state index in [1.165, 1.54) is 16.6 Å². The number of amides is 1. The van der Waals surface area contributed by atoms with E-state index in [-0.39, 0.29) is 11.7 Å². The van der Waals surface area contributed by atoms with Gasteiger partial charge in [0.2, 0.25) is 5.91 Å². The van der Waals surface area contributed by atoms with Crippen LogP contribution in [0, 0.1) is 0 Å². The van der Waals surface area contributed by atoms with Gasteiger partial charge in [0, 0.05) is 5.92 Å². The summed E-state index contributed by atoms with van der Waals surface area (Å²) in [5.74, 6) is 0.371. The molecule has 0 unspecified atom stereocenters. The number of rotatable bonds is 7. The normalized spacial score (nSPS) is 16.4. The van der Waals surface area contributed by atoms with Crippen LogP contribution in [-0.2, 0) is 16.0 Å². The van der Waals surface area contributed by atoms with Crippen LogP contribution in [-0.4, -0.2) is 47.3 Å². The summed E-state index contributed by atoms with van der Waals surface area (Å²) in [5.41, 5.74) is 2.13. The quantitative estimate of drug-likeness (QED) is 0.630. The topological polar surface area (TPSA) is 62.3 Å². The van der Waals surface area contributed by atoms with Gasteiger partial charge in [0.25, 0.3) is 0 Å². The molecule has 1 amide bonds. The average molecular weight is 422 g/mol. The molecular formula is C24H27N3O2S. The first-order valence-electron chi connectivity index (χ1n) is 10.5. The number of likely N-dealkylation sites (tertiary alicyclic amines) is 1. The van der Waals surface area contributed by atoms with Crippen molar-refractivity contribution in [3.63, 3.8) is 0 Å². The summed E-state index contributed by atoms with van der Waals surface area (Å²) >= 11 is 1.79. The van der Waals surface area contributed by atoms with Crippen molar-refractivity contribution in [2.24, 2.45) is 0 Å². The van der Waals surface area contributed by atoms with Gasteiger partial charge in [-0.3, -0.25) is 14.5 Å². The Labute approximate surface area is 181 Å². The summed E-state index contributed by atoms with van der Waals surface area (Å²) in [6, 6.07) is 17.6. The highest BCUT2D eigenvalue weighted by molar-refractivity contribution is 7.18. The minimum atomic E-state index is -0.472. The molecule has 1 saturated heterocycles. The lowest BCUT2D eigenvalue weighted by molar-refractivity contribution is -0.127. The van der Waals surface area contributed by atoms with Gasteiger partial charge >= 0.3 is 0 Å². The molecule has 0 saturated carbocycles. The van der Waals surface area contributed by atoms with Crippen molar-refractivity contribution in [3.8, 4) is 0 Å². The van der Waals surface area contributed by atoms with Gasteiger partial charge in [-0.2, -0.15) is 0 Å². The number of thiazole rings is 1. The molecule has 5 nitrogen and oxygen atoms in total. The van der Waals surface area contributed by atoms with Crippen LogP contribution in [0.25, 0.3) is 10.2 Å². The number of piperidine rings is 1.